The molecule has 0 amide bonds. The van der Waals surface area contributed by atoms with Crippen molar-refractivity contribution < 1.29 is 13.3 Å². The molecule has 46 heavy (non-hydrogen) atoms. The van der Waals surface area contributed by atoms with E-state index >= 15 is 0 Å². The quantitative estimate of drug-likeness (QED) is 0.201. The number of hydrogen-bond acceptors (Lipinski definition) is 3. The summed E-state index contributed by atoms with van der Waals surface area (Å²) in [6.45, 7) is 0. The second-order valence-electron chi connectivity index (χ2n) is 12.0. The van der Waals surface area contributed by atoms with Crippen LogP contribution in [-0.4, -0.2) is 4.57 Å². The molecule has 0 N–H and O–H groups in total. The molecule has 4 heterocycles. The van der Waals surface area contributed by atoms with Gasteiger partial charge in [-0.2, -0.15) is 0 Å². The highest BCUT2D eigenvalue weighted by Gasteiger charge is 2.21. The molecule has 11 rings (SSSR count). The third-order valence-electron chi connectivity index (χ3n) is 9.62. The molecule has 214 valence electrons. The molecule has 0 spiro atoms. The van der Waals surface area contributed by atoms with Crippen LogP contribution in [0, 0.1) is 0 Å². The maximum Gasteiger partial charge on any atom is 0.178 e. The predicted molar refractivity (Wildman–Crippen MR) is 188 cm³/mol. The van der Waals surface area contributed by atoms with Crippen LogP contribution in [0.1, 0.15) is 0 Å². The van der Waals surface area contributed by atoms with Crippen molar-refractivity contribution in [1.82, 2.24) is 4.57 Å². The first-order chi connectivity index (χ1) is 22.8. The Morgan fingerprint density at radius 1 is 0.326 bits per heavy atom. The Morgan fingerprint density at radius 3 is 1.57 bits per heavy atom. The Hall–Kier alpha value is -6.26. The van der Waals surface area contributed by atoms with Gasteiger partial charge in [-0.15, -0.1) is 0 Å². The molecule has 0 aliphatic rings. The average molecular weight is 590 g/mol. The van der Waals surface area contributed by atoms with E-state index in [2.05, 4.69) is 132 Å². The fourth-order valence-electron chi connectivity index (χ4n) is 7.59. The fraction of sp³-hybridized carbons (Fsp3) is 0. The van der Waals surface area contributed by atoms with E-state index in [1.807, 2.05) is 12.1 Å². The van der Waals surface area contributed by atoms with Crippen LogP contribution in [0.15, 0.2) is 153 Å². The SMILES string of the molecule is c1ccc2c(c1)oc1c(-c3cccc4c3oc3c4ccc4c5cc(-n6c7ccccc7c7ccccc76)ccc5oc43)cccc12. The lowest BCUT2D eigenvalue weighted by molar-refractivity contribution is 0.633. The zero-order chi connectivity index (χ0) is 29.9. The molecule has 0 unspecified atom stereocenters. The van der Waals surface area contributed by atoms with E-state index in [9.17, 15) is 0 Å². The van der Waals surface area contributed by atoms with E-state index in [0.29, 0.717) is 0 Å². The van der Waals surface area contributed by atoms with Gasteiger partial charge >= 0.3 is 0 Å². The van der Waals surface area contributed by atoms with Crippen LogP contribution in [0.5, 0.6) is 0 Å². The van der Waals surface area contributed by atoms with Crippen molar-refractivity contribution in [3.8, 4) is 16.8 Å². The van der Waals surface area contributed by atoms with E-state index in [4.69, 9.17) is 13.3 Å². The number of para-hydroxylation sites is 5. The van der Waals surface area contributed by atoms with Crippen LogP contribution in [0.4, 0.5) is 0 Å². The summed E-state index contributed by atoms with van der Waals surface area (Å²) in [6, 6.07) is 48.8. The molecule has 0 radical (unpaired) electrons. The van der Waals surface area contributed by atoms with Crippen LogP contribution in [0.3, 0.4) is 0 Å². The lowest BCUT2D eigenvalue weighted by Crippen LogP contribution is -1.93. The van der Waals surface area contributed by atoms with Gasteiger partial charge in [0.15, 0.2) is 11.2 Å². The molecule has 0 fully saturated rings. The third-order valence-corrected chi connectivity index (χ3v) is 9.62. The third kappa shape index (κ3) is 3.07. The van der Waals surface area contributed by atoms with Crippen molar-refractivity contribution in [3.63, 3.8) is 0 Å². The minimum absolute atomic E-state index is 0.756. The molecule has 7 aromatic carbocycles. The maximum atomic E-state index is 6.78. The minimum atomic E-state index is 0.756. The minimum Gasteiger partial charge on any atom is -0.455 e. The maximum absolute atomic E-state index is 6.78. The van der Waals surface area contributed by atoms with Crippen LogP contribution in [-0.2, 0) is 0 Å². The predicted octanol–water partition coefficient (Wildman–Crippen LogP) is 12.1. The van der Waals surface area contributed by atoms with Gasteiger partial charge in [-0.25, -0.2) is 0 Å². The standard InChI is InChI=1S/C42H23NO3/c1-4-16-35-25(9-1)26-10-2-5-17-36(26)43(35)24-19-22-38-34(23-24)33-21-20-32-31-15-8-14-30(40(31)46-42(32)41(33)45-38)29-13-7-12-28-27-11-3-6-18-37(27)44-39(28)29/h1-23H. The highest BCUT2D eigenvalue weighted by molar-refractivity contribution is 6.21. The lowest BCUT2D eigenvalue weighted by Gasteiger charge is -2.07. The number of rotatable bonds is 2. The monoisotopic (exact) mass is 589 g/mol. The second kappa shape index (κ2) is 8.68. The van der Waals surface area contributed by atoms with Crippen LogP contribution >= 0.6 is 0 Å². The van der Waals surface area contributed by atoms with Crippen molar-refractivity contribution in [1.29, 1.82) is 0 Å². The molecule has 0 aliphatic heterocycles. The van der Waals surface area contributed by atoms with Gasteiger partial charge in [0.05, 0.1) is 11.0 Å². The molecular weight excluding hydrogens is 566 g/mol. The summed E-state index contributed by atoms with van der Waals surface area (Å²) in [5.41, 5.74) is 10.4. The summed E-state index contributed by atoms with van der Waals surface area (Å²) in [4.78, 5) is 0. The zero-order valence-corrected chi connectivity index (χ0v) is 24.5. The topological polar surface area (TPSA) is 44.4 Å². The van der Waals surface area contributed by atoms with Gasteiger partial charge in [-0.1, -0.05) is 91.0 Å². The molecule has 4 nitrogen and oxygen atoms in total. The summed E-state index contributed by atoms with van der Waals surface area (Å²) in [6.07, 6.45) is 0. The second-order valence-corrected chi connectivity index (χ2v) is 12.0. The summed E-state index contributed by atoms with van der Waals surface area (Å²) < 4.78 is 22.1. The summed E-state index contributed by atoms with van der Waals surface area (Å²) >= 11 is 0. The Labute approximate surface area is 261 Å². The van der Waals surface area contributed by atoms with Gasteiger partial charge in [-0.3, -0.25) is 0 Å². The molecule has 4 heteroatoms. The summed E-state index contributed by atoms with van der Waals surface area (Å²) in [5, 5.41) is 8.87. The molecule has 11 aromatic rings. The first-order valence-electron chi connectivity index (χ1n) is 15.5. The van der Waals surface area contributed by atoms with Crippen LogP contribution < -0.4 is 0 Å². The average Bonchev–Trinajstić information content (AvgIpc) is 3.86. The Bertz CT molecular complexity index is 2980. The van der Waals surface area contributed by atoms with E-state index in [1.165, 1.54) is 21.8 Å². The highest BCUT2D eigenvalue weighted by atomic mass is 16.4. The van der Waals surface area contributed by atoms with E-state index in [1.54, 1.807) is 0 Å². The Kier molecular flexibility index (Phi) is 4.55. The Balaban J connectivity index is 1.15. The number of fused-ring (bicyclic) bond motifs is 13. The van der Waals surface area contributed by atoms with Crippen molar-refractivity contribution in [2.24, 2.45) is 0 Å². The van der Waals surface area contributed by atoms with Gasteiger partial charge in [-0.05, 0) is 48.5 Å². The van der Waals surface area contributed by atoms with Crippen molar-refractivity contribution >= 4 is 87.6 Å². The van der Waals surface area contributed by atoms with Crippen LogP contribution in [0.2, 0.25) is 0 Å². The smallest absolute Gasteiger partial charge is 0.178 e. The van der Waals surface area contributed by atoms with Gasteiger partial charge in [0.2, 0.25) is 0 Å². The normalized spacial score (nSPS) is 12.3. The summed E-state index contributed by atoms with van der Waals surface area (Å²) in [7, 11) is 0. The number of benzene rings is 7. The van der Waals surface area contributed by atoms with Crippen molar-refractivity contribution in [2.75, 3.05) is 0 Å². The van der Waals surface area contributed by atoms with Gasteiger partial charge < -0.3 is 17.8 Å². The van der Waals surface area contributed by atoms with E-state index in [-0.39, 0.29) is 0 Å². The highest BCUT2D eigenvalue weighted by Crippen LogP contribution is 2.44. The van der Waals surface area contributed by atoms with Crippen molar-refractivity contribution in [2.45, 2.75) is 0 Å². The number of furan rings is 3. The molecule has 0 saturated carbocycles. The molecule has 0 aliphatic carbocycles. The largest absolute Gasteiger partial charge is 0.455 e. The van der Waals surface area contributed by atoms with Crippen molar-refractivity contribution in [3.05, 3.63) is 140 Å². The fourth-order valence-corrected chi connectivity index (χ4v) is 7.59. The number of aromatic nitrogens is 1. The first kappa shape index (κ1) is 24.1. The zero-order valence-electron chi connectivity index (χ0n) is 24.5. The number of hydrogen-bond donors (Lipinski definition) is 0. The number of nitrogens with zero attached hydrogens (tertiary/aromatic N) is 1. The van der Waals surface area contributed by atoms with Gasteiger partial charge in [0, 0.05) is 59.9 Å². The van der Waals surface area contributed by atoms with Crippen LogP contribution in [0.25, 0.3) is 104 Å². The Morgan fingerprint density at radius 2 is 0.826 bits per heavy atom. The van der Waals surface area contributed by atoms with E-state index in [0.717, 1.165) is 82.6 Å². The summed E-state index contributed by atoms with van der Waals surface area (Å²) in [5.74, 6) is 0. The lowest BCUT2D eigenvalue weighted by atomic mass is 10.00. The molecule has 0 atom stereocenters. The van der Waals surface area contributed by atoms with Gasteiger partial charge in [0.25, 0.3) is 0 Å². The molecule has 0 bridgehead atoms. The molecule has 0 saturated heterocycles. The first-order valence-corrected chi connectivity index (χ1v) is 15.5. The van der Waals surface area contributed by atoms with Gasteiger partial charge in [0.1, 0.15) is 22.3 Å². The molecule has 4 aromatic heterocycles. The molecular formula is C42H23NO3. The van der Waals surface area contributed by atoms with E-state index < -0.39 is 0 Å².